The molecule has 0 aromatic heterocycles. The van der Waals surface area contributed by atoms with Crippen LogP contribution in [-0.4, -0.2) is 26.4 Å². The Morgan fingerprint density at radius 3 is 3.06 bits per heavy atom. The molecule has 0 amide bonds. The molecule has 0 bridgehead atoms. The molecular formula is C13H18NO2. The molecule has 0 spiro atoms. The predicted molar refractivity (Wildman–Crippen MR) is 62.5 cm³/mol. The summed E-state index contributed by atoms with van der Waals surface area (Å²) in [5, 5.41) is 3.54. The van der Waals surface area contributed by atoms with Gasteiger partial charge in [0.1, 0.15) is 5.75 Å². The first-order chi connectivity index (χ1) is 7.90. The molecule has 87 valence electrons. The van der Waals surface area contributed by atoms with Crippen molar-refractivity contribution in [3.8, 4) is 5.75 Å². The molecular weight excluding hydrogens is 202 g/mol. The van der Waals surface area contributed by atoms with Crippen molar-refractivity contribution < 1.29 is 9.47 Å². The molecule has 1 aromatic rings. The van der Waals surface area contributed by atoms with Crippen LogP contribution in [0, 0.1) is 6.07 Å². The lowest BCUT2D eigenvalue weighted by Crippen LogP contribution is -2.34. The molecule has 1 heterocycles. The highest BCUT2D eigenvalue weighted by Gasteiger charge is 2.13. The Labute approximate surface area is 96.8 Å². The van der Waals surface area contributed by atoms with Crippen LogP contribution in [0.1, 0.15) is 18.4 Å². The van der Waals surface area contributed by atoms with Gasteiger partial charge in [-0.2, -0.15) is 0 Å². The minimum atomic E-state index is 0.572. The van der Waals surface area contributed by atoms with Crippen molar-refractivity contribution in [3.63, 3.8) is 0 Å². The molecule has 0 unspecified atom stereocenters. The van der Waals surface area contributed by atoms with Gasteiger partial charge in [0.25, 0.3) is 0 Å². The highest BCUT2D eigenvalue weighted by Crippen LogP contribution is 2.17. The normalized spacial score (nSPS) is 17.3. The molecule has 1 aliphatic heterocycles. The number of ether oxygens (including phenoxy) is 2. The summed E-state index contributed by atoms with van der Waals surface area (Å²) in [7, 11) is 1.70. The molecule has 1 fully saturated rings. The molecule has 0 atom stereocenters. The topological polar surface area (TPSA) is 30.5 Å². The molecule has 16 heavy (non-hydrogen) atoms. The van der Waals surface area contributed by atoms with Crippen molar-refractivity contribution in [2.75, 3.05) is 20.3 Å². The second kappa shape index (κ2) is 5.87. The zero-order valence-electron chi connectivity index (χ0n) is 9.66. The van der Waals surface area contributed by atoms with Crippen LogP contribution in [0.15, 0.2) is 18.2 Å². The van der Waals surface area contributed by atoms with Crippen molar-refractivity contribution in [1.29, 1.82) is 0 Å². The van der Waals surface area contributed by atoms with E-state index in [2.05, 4.69) is 11.4 Å². The monoisotopic (exact) mass is 220 g/mol. The summed E-state index contributed by atoms with van der Waals surface area (Å²) in [5.74, 6) is 0.905. The third kappa shape index (κ3) is 2.97. The lowest BCUT2D eigenvalue weighted by Gasteiger charge is -2.23. The highest BCUT2D eigenvalue weighted by atomic mass is 16.5. The van der Waals surface area contributed by atoms with Crippen molar-refractivity contribution in [3.05, 3.63) is 29.8 Å². The fourth-order valence-corrected chi connectivity index (χ4v) is 1.94. The van der Waals surface area contributed by atoms with E-state index in [1.807, 2.05) is 18.2 Å². The van der Waals surface area contributed by atoms with Crippen LogP contribution in [0.2, 0.25) is 0 Å². The van der Waals surface area contributed by atoms with Crippen LogP contribution in [0.25, 0.3) is 0 Å². The highest BCUT2D eigenvalue weighted by molar-refractivity contribution is 5.32. The van der Waals surface area contributed by atoms with E-state index in [0.717, 1.165) is 38.3 Å². The molecule has 1 saturated heterocycles. The van der Waals surface area contributed by atoms with Crippen LogP contribution in [-0.2, 0) is 11.3 Å². The number of methoxy groups -OCH3 is 1. The van der Waals surface area contributed by atoms with E-state index in [9.17, 15) is 0 Å². The number of benzene rings is 1. The zero-order chi connectivity index (χ0) is 11.2. The standard InChI is InChI=1S/C13H18NO2/c1-15-13-5-3-2-4-11(13)10-14-12-6-8-16-9-7-12/h2,4-5,12,14H,6-10H2,1H3. The quantitative estimate of drug-likeness (QED) is 0.838. The Balaban J connectivity index is 1.88. The molecule has 1 aromatic carbocycles. The molecule has 0 aliphatic carbocycles. The first kappa shape index (κ1) is 11.4. The van der Waals surface area contributed by atoms with Gasteiger partial charge >= 0.3 is 0 Å². The fraction of sp³-hybridized carbons (Fsp3) is 0.538. The van der Waals surface area contributed by atoms with Crippen LogP contribution >= 0.6 is 0 Å². The lowest BCUT2D eigenvalue weighted by molar-refractivity contribution is 0.0775. The van der Waals surface area contributed by atoms with Crippen molar-refractivity contribution in [1.82, 2.24) is 5.32 Å². The lowest BCUT2D eigenvalue weighted by atomic mass is 10.1. The number of hydrogen-bond acceptors (Lipinski definition) is 3. The predicted octanol–water partition coefficient (Wildman–Crippen LogP) is 1.76. The van der Waals surface area contributed by atoms with Gasteiger partial charge in [-0.15, -0.1) is 0 Å². The number of hydrogen-bond donors (Lipinski definition) is 1. The second-order valence-electron chi connectivity index (χ2n) is 4.01. The maximum absolute atomic E-state index is 5.33. The maximum Gasteiger partial charge on any atom is 0.123 e. The molecule has 0 saturated carbocycles. The minimum absolute atomic E-state index is 0.572. The van der Waals surface area contributed by atoms with E-state index in [1.54, 1.807) is 7.11 Å². The van der Waals surface area contributed by atoms with Crippen LogP contribution in [0.4, 0.5) is 0 Å². The van der Waals surface area contributed by atoms with Gasteiger partial charge in [-0.3, -0.25) is 0 Å². The molecule has 1 radical (unpaired) electrons. The largest absolute Gasteiger partial charge is 0.496 e. The summed E-state index contributed by atoms with van der Waals surface area (Å²) in [6.07, 6.45) is 2.20. The average Bonchev–Trinajstić information content (AvgIpc) is 2.38. The van der Waals surface area contributed by atoms with Gasteiger partial charge in [0.15, 0.2) is 0 Å². The molecule has 2 rings (SSSR count). The Morgan fingerprint density at radius 1 is 1.50 bits per heavy atom. The summed E-state index contributed by atoms with van der Waals surface area (Å²) >= 11 is 0. The summed E-state index contributed by atoms with van der Waals surface area (Å²) in [6.45, 7) is 2.59. The first-order valence-corrected chi connectivity index (χ1v) is 5.74. The average molecular weight is 220 g/mol. The van der Waals surface area contributed by atoms with Gasteiger partial charge in [-0.1, -0.05) is 12.1 Å². The summed E-state index contributed by atoms with van der Waals surface area (Å²) in [5.41, 5.74) is 1.19. The Hall–Kier alpha value is -1.06. The van der Waals surface area contributed by atoms with Crippen molar-refractivity contribution in [2.24, 2.45) is 0 Å². The minimum Gasteiger partial charge on any atom is -0.496 e. The number of rotatable bonds is 4. The third-order valence-electron chi connectivity index (χ3n) is 2.93. The van der Waals surface area contributed by atoms with E-state index in [0.29, 0.717) is 6.04 Å². The van der Waals surface area contributed by atoms with Gasteiger partial charge in [-0.05, 0) is 25.0 Å². The van der Waals surface area contributed by atoms with Gasteiger partial charge in [-0.25, -0.2) is 0 Å². The van der Waals surface area contributed by atoms with Crippen LogP contribution in [0.5, 0.6) is 5.75 Å². The fourth-order valence-electron chi connectivity index (χ4n) is 1.94. The van der Waals surface area contributed by atoms with Crippen molar-refractivity contribution >= 4 is 0 Å². The van der Waals surface area contributed by atoms with E-state index in [-0.39, 0.29) is 0 Å². The SMILES string of the molecule is COc1c[c]ccc1CNC1CCOCC1. The van der Waals surface area contributed by atoms with Gasteiger partial charge in [0.05, 0.1) is 7.11 Å². The Kier molecular flexibility index (Phi) is 4.19. The summed E-state index contributed by atoms with van der Waals surface area (Å²) in [4.78, 5) is 0. The third-order valence-corrected chi connectivity index (χ3v) is 2.93. The first-order valence-electron chi connectivity index (χ1n) is 5.74. The Bertz CT molecular complexity index is 321. The van der Waals surface area contributed by atoms with Crippen LogP contribution < -0.4 is 10.1 Å². The molecule has 1 N–H and O–H groups in total. The molecule has 3 heteroatoms. The Morgan fingerprint density at radius 2 is 2.31 bits per heavy atom. The van der Waals surface area contributed by atoms with E-state index >= 15 is 0 Å². The summed E-state index contributed by atoms with van der Waals surface area (Å²) in [6, 6.07) is 9.43. The van der Waals surface area contributed by atoms with Crippen LogP contribution in [0.3, 0.4) is 0 Å². The number of nitrogens with one attached hydrogen (secondary N) is 1. The smallest absolute Gasteiger partial charge is 0.123 e. The zero-order valence-corrected chi connectivity index (χ0v) is 9.66. The van der Waals surface area contributed by atoms with Gasteiger partial charge in [0, 0.05) is 31.4 Å². The summed E-state index contributed by atoms with van der Waals surface area (Å²) < 4.78 is 10.6. The second-order valence-corrected chi connectivity index (χ2v) is 4.01. The maximum atomic E-state index is 5.33. The van der Waals surface area contributed by atoms with Crippen molar-refractivity contribution in [2.45, 2.75) is 25.4 Å². The molecule has 3 nitrogen and oxygen atoms in total. The van der Waals surface area contributed by atoms with E-state index in [4.69, 9.17) is 9.47 Å². The molecule has 1 aliphatic rings. The van der Waals surface area contributed by atoms with E-state index in [1.165, 1.54) is 5.56 Å². The van der Waals surface area contributed by atoms with E-state index < -0.39 is 0 Å². The van der Waals surface area contributed by atoms with Gasteiger partial charge < -0.3 is 14.8 Å². The van der Waals surface area contributed by atoms with Gasteiger partial charge in [0.2, 0.25) is 0 Å².